The lowest BCUT2D eigenvalue weighted by Gasteiger charge is -2.06. The number of nitrogens with zero attached hydrogens (tertiary/aromatic N) is 3. The SMILES string of the molecule is CC(C)CNc1ccnc(C#N)n1. The molecule has 0 fully saturated rings. The maximum atomic E-state index is 8.54. The van der Waals surface area contributed by atoms with Crippen LogP contribution in [-0.2, 0) is 0 Å². The highest BCUT2D eigenvalue weighted by molar-refractivity contribution is 5.34. The molecule has 0 spiro atoms. The molecule has 1 aromatic heterocycles. The predicted molar refractivity (Wildman–Crippen MR) is 50.1 cm³/mol. The summed E-state index contributed by atoms with van der Waals surface area (Å²) >= 11 is 0. The van der Waals surface area contributed by atoms with Gasteiger partial charge in [0.15, 0.2) is 0 Å². The van der Waals surface area contributed by atoms with Crippen LogP contribution in [0.25, 0.3) is 0 Å². The minimum atomic E-state index is 0.203. The second-order valence-corrected chi connectivity index (χ2v) is 3.15. The molecule has 0 atom stereocenters. The van der Waals surface area contributed by atoms with Crippen LogP contribution in [0.5, 0.6) is 0 Å². The Bertz CT molecular complexity index is 314. The number of nitriles is 1. The van der Waals surface area contributed by atoms with E-state index < -0.39 is 0 Å². The highest BCUT2D eigenvalue weighted by Gasteiger charge is 1.98. The molecular formula is C9H12N4. The lowest BCUT2D eigenvalue weighted by molar-refractivity contribution is 0.686. The first kappa shape index (κ1) is 9.46. The zero-order chi connectivity index (χ0) is 9.68. The number of hydrogen-bond acceptors (Lipinski definition) is 4. The van der Waals surface area contributed by atoms with Gasteiger partial charge in [0.25, 0.3) is 0 Å². The molecule has 0 aromatic carbocycles. The average molecular weight is 176 g/mol. The van der Waals surface area contributed by atoms with Crippen LogP contribution in [0.1, 0.15) is 19.7 Å². The average Bonchev–Trinajstić information content (AvgIpc) is 2.15. The maximum Gasteiger partial charge on any atom is 0.234 e. The van der Waals surface area contributed by atoms with Gasteiger partial charge in [0, 0.05) is 12.7 Å². The van der Waals surface area contributed by atoms with Crippen molar-refractivity contribution in [3.63, 3.8) is 0 Å². The van der Waals surface area contributed by atoms with Gasteiger partial charge >= 0.3 is 0 Å². The van der Waals surface area contributed by atoms with E-state index >= 15 is 0 Å². The lowest BCUT2D eigenvalue weighted by atomic mass is 10.2. The molecule has 1 aromatic rings. The summed E-state index contributed by atoms with van der Waals surface area (Å²) in [5.74, 6) is 1.47. The standard InChI is InChI=1S/C9H12N4/c1-7(2)6-12-8-3-4-11-9(5-10)13-8/h3-4,7H,6H2,1-2H3,(H,11,12,13). The highest BCUT2D eigenvalue weighted by atomic mass is 15.0. The molecule has 0 saturated heterocycles. The van der Waals surface area contributed by atoms with Crippen LogP contribution in [0.2, 0.25) is 0 Å². The van der Waals surface area contributed by atoms with Crippen LogP contribution in [0.3, 0.4) is 0 Å². The van der Waals surface area contributed by atoms with Crippen LogP contribution >= 0.6 is 0 Å². The van der Waals surface area contributed by atoms with E-state index in [4.69, 9.17) is 5.26 Å². The van der Waals surface area contributed by atoms with E-state index in [0.29, 0.717) is 11.7 Å². The second kappa shape index (κ2) is 4.41. The van der Waals surface area contributed by atoms with Gasteiger partial charge < -0.3 is 5.32 Å². The number of hydrogen-bond donors (Lipinski definition) is 1. The summed E-state index contributed by atoms with van der Waals surface area (Å²) in [5, 5.41) is 11.7. The van der Waals surface area contributed by atoms with Gasteiger partial charge in [0.1, 0.15) is 11.9 Å². The summed E-state index contributed by atoms with van der Waals surface area (Å²) in [7, 11) is 0. The first-order valence-corrected chi connectivity index (χ1v) is 4.19. The Balaban J connectivity index is 2.63. The van der Waals surface area contributed by atoms with E-state index in [-0.39, 0.29) is 5.82 Å². The van der Waals surface area contributed by atoms with Gasteiger partial charge in [-0.2, -0.15) is 5.26 Å². The van der Waals surface area contributed by atoms with Crippen molar-refractivity contribution < 1.29 is 0 Å². The molecule has 4 heteroatoms. The molecule has 4 nitrogen and oxygen atoms in total. The molecule has 1 N–H and O–H groups in total. The normalized spacial score (nSPS) is 9.69. The second-order valence-electron chi connectivity index (χ2n) is 3.15. The Morgan fingerprint density at radius 3 is 3.00 bits per heavy atom. The number of aromatic nitrogens is 2. The molecule has 0 bridgehead atoms. The summed E-state index contributed by atoms with van der Waals surface area (Å²) in [6.07, 6.45) is 1.58. The Morgan fingerprint density at radius 1 is 1.62 bits per heavy atom. The van der Waals surface area contributed by atoms with Gasteiger partial charge in [0.2, 0.25) is 5.82 Å². The van der Waals surface area contributed by atoms with Gasteiger partial charge in [0.05, 0.1) is 0 Å². The molecule has 13 heavy (non-hydrogen) atoms. The van der Waals surface area contributed by atoms with E-state index in [9.17, 15) is 0 Å². The van der Waals surface area contributed by atoms with Crippen LogP contribution in [0, 0.1) is 17.2 Å². The minimum Gasteiger partial charge on any atom is -0.370 e. The Morgan fingerprint density at radius 2 is 2.38 bits per heavy atom. The van der Waals surface area contributed by atoms with Gasteiger partial charge in [-0.15, -0.1) is 0 Å². The Kier molecular flexibility index (Phi) is 3.21. The van der Waals surface area contributed by atoms with Crippen molar-refractivity contribution in [1.29, 1.82) is 5.26 Å². The van der Waals surface area contributed by atoms with E-state index in [2.05, 4.69) is 29.1 Å². The first-order valence-electron chi connectivity index (χ1n) is 4.19. The summed E-state index contributed by atoms with van der Waals surface area (Å²) in [6.45, 7) is 5.07. The largest absolute Gasteiger partial charge is 0.370 e. The summed E-state index contributed by atoms with van der Waals surface area (Å²) in [4.78, 5) is 7.75. The van der Waals surface area contributed by atoms with Crippen molar-refractivity contribution in [2.75, 3.05) is 11.9 Å². The molecule has 1 heterocycles. The van der Waals surface area contributed by atoms with Gasteiger partial charge in [-0.3, -0.25) is 0 Å². The van der Waals surface area contributed by atoms with E-state index in [1.165, 1.54) is 0 Å². The predicted octanol–water partition coefficient (Wildman–Crippen LogP) is 1.42. The van der Waals surface area contributed by atoms with Crippen molar-refractivity contribution in [2.45, 2.75) is 13.8 Å². The van der Waals surface area contributed by atoms with Gasteiger partial charge in [-0.1, -0.05) is 13.8 Å². The summed E-state index contributed by atoms with van der Waals surface area (Å²) in [5.41, 5.74) is 0. The summed E-state index contributed by atoms with van der Waals surface area (Å²) < 4.78 is 0. The number of rotatable bonds is 3. The van der Waals surface area contributed by atoms with Crippen molar-refractivity contribution in [3.8, 4) is 6.07 Å². The number of nitrogens with one attached hydrogen (secondary N) is 1. The fourth-order valence-corrected chi connectivity index (χ4v) is 0.820. The van der Waals surface area contributed by atoms with Crippen LogP contribution in [0.15, 0.2) is 12.3 Å². The Labute approximate surface area is 77.6 Å². The fraction of sp³-hybridized carbons (Fsp3) is 0.444. The first-order chi connectivity index (χ1) is 6.22. The molecule has 0 aliphatic heterocycles. The third-order valence-electron chi connectivity index (χ3n) is 1.45. The third kappa shape index (κ3) is 3.08. The topological polar surface area (TPSA) is 61.6 Å². The Hall–Kier alpha value is -1.63. The molecule has 0 radical (unpaired) electrons. The monoisotopic (exact) mass is 176 g/mol. The molecular weight excluding hydrogens is 164 g/mol. The minimum absolute atomic E-state index is 0.203. The number of anilines is 1. The van der Waals surface area contributed by atoms with Crippen LogP contribution in [-0.4, -0.2) is 16.5 Å². The third-order valence-corrected chi connectivity index (χ3v) is 1.45. The van der Waals surface area contributed by atoms with E-state index in [0.717, 1.165) is 6.54 Å². The molecule has 0 aliphatic rings. The molecule has 0 unspecified atom stereocenters. The molecule has 0 amide bonds. The van der Waals surface area contributed by atoms with Crippen LogP contribution in [0.4, 0.5) is 5.82 Å². The van der Waals surface area contributed by atoms with E-state index in [1.54, 1.807) is 12.3 Å². The van der Waals surface area contributed by atoms with E-state index in [1.807, 2.05) is 6.07 Å². The highest BCUT2D eigenvalue weighted by Crippen LogP contribution is 2.02. The van der Waals surface area contributed by atoms with Gasteiger partial charge in [-0.05, 0) is 12.0 Å². The molecule has 0 saturated carbocycles. The van der Waals surface area contributed by atoms with Crippen molar-refractivity contribution in [1.82, 2.24) is 9.97 Å². The zero-order valence-electron chi connectivity index (χ0n) is 7.78. The zero-order valence-corrected chi connectivity index (χ0v) is 7.78. The molecule has 68 valence electrons. The molecule has 0 aliphatic carbocycles. The maximum absolute atomic E-state index is 8.54. The quantitative estimate of drug-likeness (QED) is 0.756. The molecule has 1 rings (SSSR count). The smallest absolute Gasteiger partial charge is 0.234 e. The van der Waals surface area contributed by atoms with Crippen molar-refractivity contribution in [3.05, 3.63) is 18.1 Å². The van der Waals surface area contributed by atoms with Crippen LogP contribution < -0.4 is 5.32 Å². The van der Waals surface area contributed by atoms with Gasteiger partial charge in [-0.25, -0.2) is 9.97 Å². The van der Waals surface area contributed by atoms with Crippen molar-refractivity contribution >= 4 is 5.82 Å². The lowest BCUT2D eigenvalue weighted by Crippen LogP contribution is -2.09. The summed E-state index contributed by atoms with van der Waals surface area (Å²) in [6, 6.07) is 3.65. The van der Waals surface area contributed by atoms with Crippen molar-refractivity contribution in [2.24, 2.45) is 5.92 Å². The fourth-order valence-electron chi connectivity index (χ4n) is 0.820.